The van der Waals surface area contributed by atoms with Gasteiger partial charge in [0, 0.05) is 24.7 Å². The molecule has 5 nitrogen and oxygen atoms in total. The molecule has 1 aromatic rings. The summed E-state index contributed by atoms with van der Waals surface area (Å²) in [4.78, 5) is 27.0. The molecule has 1 aliphatic carbocycles. The van der Waals surface area contributed by atoms with E-state index in [1.165, 1.54) is 12.8 Å². The SMILES string of the molecule is COc1ccc(NC(=O)[C@@H]2CC(=O)N([C@@H]3CCC[C@@H](C)[C@H]3C)C2)cc1. The lowest BCUT2D eigenvalue weighted by atomic mass is 9.77. The van der Waals surface area contributed by atoms with Crippen LogP contribution in [0.4, 0.5) is 5.69 Å². The van der Waals surface area contributed by atoms with Crippen LogP contribution < -0.4 is 10.1 Å². The summed E-state index contributed by atoms with van der Waals surface area (Å²) in [6.45, 7) is 5.06. The van der Waals surface area contributed by atoms with Crippen LogP contribution in [0.25, 0.3) is 0 Å². The van der Waals surface area contributed by atoms with Gasteiger partial charge >= 0.3 is 0 Å². The van der Waals surface area contributed by atoms with Crippen molar-refractivity contribution in [1.82, 2.24) is 4.90 Å². The standard InChI is InChI=1S/C20H28N2O3/c1-13-5-4-6-18(14(13)2)22-12-15(11-19(22)23)20(24)21-16-7-9-17(25-3)10-8-16/h7-10,13-15,18H,4-6,11-12H2,1-3H3,(H,21,24)/t13-,14-,15-,18-/m1/s1. The molecule has 1 aromatic carbocycles. The molecule has 1 saturated heterocycles. The van der Waals surface area contributed by atoms with Crippen molar-refractivity contribution in [3.63, 3.8) is 0 Å². The average Bonchev–Trinajstić information content (AvgIpc) is 3.00. The highest BCUT2D eigenvalue weighted by atomic mass is 16.5. The molecule has 0 unspecified atom stereocenters. The number of ether oxygens (including phenoxy) is 1. The van der Waals surface area contributed by atoms with Gasteiger partial charge in [-0.15, -0.1) is 0 Å². The van der Waals surface area contributed by atoms with E-state index in [0.717, 1.165) is 17.9 Å². The number of hydrogen-bond acceptors (Lipinski definition) is 3. The summed E-state index contributed by atoms with van der Waals surface area (Å²) < 4.78 is 5.12. The first-order chi connectivity index (χ1) is 12.0. The first-order valence-corrected chi connectivity index (χ1v) is 9.24. The topological polar surface area (TPSA) is 58.6 Å². The van der Waals surface area contributed by atoms with Gasteiger partial charge in [-0.2, -0.15) is 0 Å². The molecule has 1 N–H and O–H groups in total. The third kappa shape index (κ3) is 3.80. The number of hydrogen-bond donors (Lipinski definition) is 1. The van der Waals surface area contributed by atoms with Crippen molar-refractivity contribution in [1.29, 1.82) is 0 Å². The van der Waals surface area contributed by atoms with Crippen LogP contribution in [-0.2, 0) is 9.59 Å². The number of nitrogens with zero attached hydrogens (tertiary/aromatic N) is 1. The van der Waals surface area contributed by atoms with Gasteiger partial charge in [-0.1, -0.05) is 26.7 Å². The van der Waals surface area contributed by atoms with E-state index >= 15 is 0 Å². The normalized spacial score (nSPS) is 29.6. The predicted octanol–water partition coefficient (Wildman–Crippen LogP) is 3.31. The van der Waals surface area contributed by atoms with Gasteiger partial charge in [0.15, 0.2) is 0 Å². The molecule has 3 rings (SSSR count). The Bertz CT molecular complexity index is 628. The molecule has 1 aliphatic heterocycles. The van der Waals surface area contributed by atoms with Gasteiger partial charge in [0.2, 0.25) is 11.8 Å². The lowest BCUT2D eigenvalue weighted by Gasteiger charge is -2.40. The van der Waals surface area contributed by atoms with Crippen molar-refractivity contribution in [2.24, 2.45) is 17.8 Å². The molecule has 2 aliphatic rings. The van der Waals surface area contributed by atoms with Gasteiger partial charge in [-0.05, 0) is 42.5 Å². The molecule has 136 valence electrons. The number of carbonyl (C=O) groups excluding carboxylic acids is 2. The van der Waals surface area contributed by atoms with Crippen LogP contribution in [0, 0.1) is 17.8 Å². The number of carbonyl (C=O) groups is 2. The largest absolute Gasteiger partial charge is 0.497 e. The maximum absolute atomic E-state index is 12.6. The monoisotopic (exact) mass is 344 g/mol. The molecule has 1 saturated carbocycles. The third-order valence-corrected chi connectivity index (χ3v) is 5.95. The maximum atomic E-state index is 12.6. The second-order valence-corrected chi connectivity index (χ2v) is 7.50. The molecule has 4 atom stereocenters. The molecular weight excluding hydrogens is 316 g/mol. The second-order valence-electron chi connectivity index (χ2n) is 7.50. The summed E-state index contributed by atoms with van der Waals surface area (Å²) in [7, 11) is 1.61. The molecule has 0 aromatic heterocycles. The molecule has 25 heavy (non-hydrogen) atoms. The molecule has 2 amide bonds. The van der Waals surface area contributed by atoms with Crippen LogP contribution >= 0.6 is 0 Å². The fourth-order valence-corrected chi connectivity index (χ4v) is 4.14. The smallest absolute Gasteiger partial charge is 0.229 e. The van der Waals surface area contributed by atoms with E-state index in [0.29, 0.717) is 24.8 Å². The van der Waals surface area contributed by atoms with Crippen molar-refractivity contribution < 1.29 is 14.3 Å². The Morgan fingerprint density at radius 3 is 2.60 bits per heavy atom. The number of likely N-dealkylation sites (tertiary alicyclic amines) is 1. The Hall–Kier alpha value is -2.04. The predicted molar refractivity (Wildman–Crippen MR) is 97.4 cm³/mol. The summed E-state index contributed by atoms with van der Waals surface area (Å²) in [6.07, 6.45) is 3.79. The number of amides is 2. The molecule has 0 bridgehead atoms. The van der Waals surface area contributed by atoms with Crippen LogP contribution in [0.3, 0.4) is 0 Å². The zero-order valence-electron chi connectivity index (χ0n) is 15.3. The highest BCUT2D eigenvalue weighted by Gasteiger charge is 2.41. The lowest BCUT2D eigenvalue weighted by Crippen LogP contribution is -2.45. The lowest BCUT2D eigenvalue weighted by molar-refractivity contribution is -0.131. The Kier molecular flexibility index (Phi) is 5.30. The van der Waals surface area contributed by atoms with Crippen LogP contribution in [0.2, 0.25) is 0 Å². The molecule has 0 radical (unpaired) electrons. The Morgan fingerprint density at radius 2 is 1.92 bits per heavy atom. The summed E-state index contributed by atoms with van der Waals surface area (Å²) in [5, 5.41) is 2.93. The molecule has 2 fully saturated rings. The number of nitrogens with one attached hydrogen (secondary N) is 1. The minimum absolute atomic E-state index is 0.0717. The van der Waals surface area contributed by atoms with Gasteiger partial charge in [0.25, 0.3) is 0 Å². The Balaban J connectivity index is 1.62. The Labute approximate surface area is 149 Å². The fourth-order valence-electron chi connectivity index (χ4n) is 4.14. The average molecular weight is 344 g/mol. The summed E-state index contributed by atoms with van der Waals surface area (Å²) in [5.41, 5.74) is 0.733. The van der Waals surface area contributed by atoms with E-state index in [1.54, 1.807) is 7.11 Å². The first kappa shape index (κ1) is 17.8. The quantitative estimate of drug-likeness (QED) is 0.912. The van der Waals surface area contributed by atoms with Crippen molar-refractivity contribution >= 4 is 17.5 Å². The Morgan fingerprint density at radius 1 is 1.20 bits per heavy atom. The number of methoxy groups -OCH3 is 1. The van der Waals surface area contributed by atoms with Crippen molar-refractivity contribution in [3.8, 4) is 5.75 Å². The summed E-state index contributed by atoms with van der Waals surface area (Å²) >= 11 is 0. The highest BCUT2D eigenvalue weighted by molar-refractivity contribution is 5.97. The third-order valence-electron chi connectivity index (χ3n) is 5.95. The zero-order valence-corrected chi connectivity index (χ0v) is 15.3. The van der Waals surface area contributed by atoms with Crippen LogP contribution in [-0.4, -0.2) is 36.4 Å². The second kappa shape index (κ2) is 7.46. The van der Waals surface area contributed by atoms with Crippen LogP contribution in [0.15, 0.2) is 24.3 Å². The van der Waals surface area contributed by atoms with Crippen molar-refractivity contribution in [3.05, 3.63) is 24.3 Å². The van der Waals surface area contributed by atoms with Crippen molar-refractivity contribution in [2.45, 2.75) is 45.6 Å². The number of anilines is 1. The number of rotatable bonds is 4. The first-order valence-electron chi connectivity index (χ1n) is 9.24. The van der Waals surface area contributed by atoms with E-state index in [2.05, 4.69) is 19.2 Å². The minimum Gasteiger partial charge on any atom is -0.497 e. The summed E-state index contributed by atoms with van der Waals surface area (Å²) in [5.74, 6) is 1.68. The maximum Gasteiger partial charge on any atom is 0.229 e. The van der Waals surface area contributed by atoms with Gasteiger partial charge in [0.1, 0.15) is 5.75 Å². The minimum atomic E-state index is -0.265. The number of benzene rings is 1. The zero-order chi connectivity index (χ0) is 18.0. The van der Waals surface area contributed by atoms with Gasteiger partial charge < -0.3 is 15.0 Å². The van der Waals surface area contributed by atoms with Gasteiger partial charge in [-0.3, -0.25) is 9.59 Å². The van der Waals surface area contributed by atoms with E-state index in [-0.39, 0.29) is 23.8 Å². The van der Waals surface area contributed by atoms with Crippen LogP contribution in [0.5, 0.6) is 5.75 Å². The van der Waals surface area contributed by atoms with E-state index < -0.39 is 0 Å². The fraction of sp³-hybridized carbons (Fsp3) is 0.600. The van der Waals surface area contributed by atoms with Gasteiger partial charge in [0.05, 0.1) is 13.0 Å². The highest BCUT2D eigenvalue weighted by Crippen LogP contribution is 2.36. The molecular formula is C20H28N2O3. The van der Waals surface area contributed by atoms with E-state index in [9.17, 15) is 9.59 Å². The summed E-state index contributed by atoms with van der Waals surface area (Å²) in [6, 6.07) is 7.54. The van der Waals surface area contributed by atoms with E-state index in [4.69, 9.17) is 4.74 Å². The molecule has 1 heterocycles. The van der Waals surface area contributed by atoms with Crippen LogP contribution in [0.1, 0.15) is 39.5 Å². The van der Waals surface area contributed by atoms with E-state index in [1.807, 2.05) is 29.2 Å². The van der Waals surface area contributed by atoms with Gasteiger partial charge in [-0.25, -0.2) is 0 Å². The van der Waals surface area contributed by atoms with Crippen molar-refractivity contribution in [2.75, 3.05) is 19.0 Å². The molecule has 0 spiro atoms. The molecule has 5 heteroatoms.